The van der Waals surface area contributed by atoms with Crippen molar-refractivity contribution in [3.05, 3.63) is 35.9 Å². The number of rotatable bonds is 22. The molecule has 0 fully saturated rings. The second-order valence-electron chi connectivity index (χ2n) is 15.6. The molecule has 0 aliphatic heterocycles. The fraction of sp³-hybridized carbons (Fsp3) is 0.725. The average Bonchev–Trinajstić information content (AvgIpc) is 3.07. The third-order valence-corrected chi connectivity index (χ3v) is 9.41. The number of hydrogen-bond acceptors (Lipinski definition) is 8. The van der Waals surface area contributed by atoms with Crippen LogP contribution >= 0.6 is 0 Å². The van der Waals surface area contributed by atoms with E-state index < -0.39 is 35.7 Å². The molecule has 52 heavy (non-hydrogen) atoms. The van der Waals surface area contributed by atoms with Crippen LogP contribution in [0.5, 0.6) is 0 Å². The fourth-order valence-corrected chi connectivity index (χ4v) is 6.42. The molecule has 0 aliphatic rings. The summed E-state index contributed by atoms with van der Waals surface area (Å²) in [5.74, 6) is -1.82. The largest absolute Gasteiger partial charge is 0.458 e. The average molecular weight is 732 g/mol. The molecular formula is C40H69N5O7. The van der Waals surface area contributed by atoms with Crippen LogP contribution in [-0.2, 0) is 39.9 Å². The monoisotopic (exact) mass is 732 g/mol. The van der Waals surface area contributed by atoms with E-state index in [1.165, 1.54) is 0 Å². The van der Waals surface area contributed by atoms with E-state index in [9.17, 15) is 24.0 Å². The fourth-order valence-electron chi connectivity index (χ4n) is 6.42. The van der Waals surface area contributed by atoms with Crippen molar-refractivity contribution in [1.29, 1.82) is 0 Å². The van der Waals surface area contributed by atoms with Crippen LogP contribution in [-0.4, -0.2) is 122 Å². The number of likely N-dealkylation sites (N-methyl/N-ethyl adjacent to an activating group) is 2. The summed E-state index contributed by atoms with van der Waals surface area (Å²) in [5.41, 5.74) is 0.189. The van der Waals surface area contributed by atoms with Crippen molar-refractivity contribution in [1.82, 2.24) is 25.3 Å². The number of carbonyl (C=O) groups is 5. The molecule has 1 aromatic carbocycles. The first-order valence-corrected chi connectivity index (χ1v) is 18.8. The first-order chi connectivity index (χ1) is 24.3. The quantitative estimate of drug-likeness (QED) is 0.169. The Labute approximate surface area is 313 Å². The molecule has 0 aromatic heterocycles. The van der Waals surface area contributed by atoms with Gasteiger partial charge in [0.05, 0.1) is 31.2 Å². The Morgan fingerprint density at radius 3 is 1.98 bits per heavy atom. The van der Waals surface area contributed by atoms with Gasteiger partial charge in [-0.3, -0.25) is 24.1 Å². The molecule has 6 unspecified atom stereocenters. The van der Waals surface area contributed by atoms with Gasteiger partial charge < -0.3 is 29.9 Å². The zero-order valence-corrected chi connectivity index (χ0v) is 34.3. The molecule has 296 valence electrons. The molecule has 12 nitrogen and oxygen atoms in total. The van der Waals surface area contributed by atoms with Gasteiger partial charge in [-0.1, -0.05) is 78.3 Å². The molecule has 0 saturated carbocycles. The normalized spacial score (nSPS) is 15.2. The Morgan fingerprint density at radius 1 is 0.865 bits per heavy atom. The molecule has 1 rings (SSSR count). The predicted octanol–water partition coefficient (Wildman–Crippen LogP) is 4.30. The zero-order valence-electron chi connectivity index (χ0n) is 34.3. The second kappa shape index (κ2) is 22.5. The van der Waals surface area contributed by atoms with Gasteiger partial charge in [-0.15, -0.1) is 0 Å². The summed E-state index contributed by atoms with van der Waals surface area (Å²) in [7, 11) is 6.92. The molecule has 12 heteroatoms. The summed E-state index contributed by atoms with van der Waals surface area (Å²) < 4.78 is 11.5. The van der Waals surface area contributed by atoms with E-state index in [2.05, 4.69) is 10.6 Å². The van der Waals surface area contributed by atoms with Gasteiger partial charge in [-0.2, -0.15) is 0 Å². The molecule has 0 heterocycles. The van der Waals surface area contributed by atoms with Crippen LogP contribution in [0.15, 0.2) is 30.3 Å². The minimum absolute atomic E-state index is 0.00439. The zero-order chi connectivity index (χ0) is 39.8. The van der Waals surface area contributed by atoms with E-state index >= 15 is 0 Å². The first-order valence-electron chi connectivity index (χ1n) is 18.8. The summed E-state index contributed by atoms with van der Waals surface area (Å²) in [6.07, 6.45) is 1.60. The maximum atomic E-state index is 13.8. The molecule has 0 saturated heterocycles. The van der Waals surface area contributed by atoms with Crippen molar-refractivity contribution in [2.75, 3.05) is 47.9 Å². The number of esters is 1. The van der Waals surface area contributed by atoms with Crippen LogP contribution < -0.4 is 10.6 Å². The lowest BCUT2D eigenvalue weighted by Crippen LogP contribution is -2.54. The summed E-state index contributed by atoms with van der Waals surface area (Å²) in [6, 6.07) is 7.82. The first kappa shape index (κ1) is 46.5. The number of benzene rings is 1. The predicted molar refractivity (Wildman–Crippen MR) is 205 cm³/mol. The second-order valence-corrected chi connectivity index (χ2v) is 15.6. The van der Waals surface area contributed by atoms with E-state index in [1.54, 1.807) is 51.7 Å². The highest BCUT2D eigenvalue weighted by Gasteiger charge is 2.36. The van der Waals surface area contributed by atoms with Crippen LogP contribution in [0.3, 0.4) is 0 Å². The van der Waals surface area contributed by atoms with E-state index in [1.807, 2.05) is 83.9 Å². The van der Waals surface area contributed by atoms with Gasteiger partial charge in [0.15, 0.2) is 0 Å². The molecule has 0 bridgehead atoms. The maximum absolute atomic E-state index is 13.8. The van der Waals surface area contributed by atoms with E-state index in [0.29, 0.717) is 25.9 Å². The van der Waals surface area contributed by atoms with Crippen molar-refractivity contribution < 1.29 is 33.4 Å². The molecule has 6 atom stereocenters. The standard InChI is InChI=1S/C40H69N5O7/c1-14-22-45(23-21-29(6)37(48)42-31(39(50)52-40(7,8)9)24-30-19-17-16-18-20-30)33(46)25-32(51-13)36(28(5)15-2)44(12)34(47)26-41-38(49)35(27(3)4)43(10)11/h16-20,27-29,31-32,35-36H,14-15,21-26H2,1-13H3,(H,41,49)(H,42,48). The summed E-state index contributed by atoms with van der Waals surface area (Å²) in [6.45, 7) is 17.8. The molecule has 0 radical (unpaired) electrons. The molecular weight excluding hydrogens is 662 g/mol. The van der Waals surface area contributed by atoms with Crippen LogP contribution in [0.25, 0.3) is 0 Å². The molecule has 1 aromatic rings. The van der Waals surface area contributed by atoms with Crippen molar-refractivity contribution in [3.63, 3.8) is 0 Å². The van der Waals surface area contributed by atoms with Gasteiger partial charge >= 0.3 is 5.97 Å². The third-order valence-electron chi connectivity index (χ3n) is 9.41. The Hall–Kier alpha value is -3.51. The molecule has 2 N–H and O–H groups in total. The SMILES string of the molecule is CCCN(CCC(C)C(=O)NC(Cc1ccccc1)C(=O)OC(C)(C)C)C(=O)CC(OC)C(C(C)CC)N(C)C(=O)CNC(=O)C(C(C)C)N(C)C. The highest BCUT2D eigenvalue weighted by atomic mass is 16.6. The number of carbonyl (C=O) groups excluding carboxylic acids is 5. The molecule has 4 amide bonds. The van der Waals surface area contributed by atoms with Crippen molar-refractivity contribution >= 4 is 29.6 Å². The van der Waals surface area contributed by atoms with Crippen LogP contribution in [0.1, 0.15) is 93.6 Å². The van der Waals surface area contributed by atoms with Crippen LogP contribution in [0, 0.1) is 17.8 Å². The summed E-state index contributed by atoms with van der Waals surface area (Å²) in [4.78, 5) is 71.8. The summed E-state index contributed by atoms with van der Waals surface area (Å²) in [5, 5.41) is 5.70. The van der Waals surface area contributed by atoms with Gasteiger partial charge in [-0.05, 0) is 65.1 Å². The van der Waals surface area contributed by atoms with Gasteiger partial charge in [0.25, 0.3) is 0 Å². The molecule has 0 aliphatic carbocycles. The van der Waals surface area contributed by atoms with Crippen molar-refractivity contribution in [2.24, 2.45) is 17.8 Å². The van der Waals surface area contributed by atoms with Crippen molar-refractivity contribution in [3.8, 4) is 0 Å². The molecule has 0 spiro atoms. The highest BCUT2D eigenvalue weighted by Crippen LogP contribution is 2.23. The lowest BCUT2D eigenvalue weighted by molar-refractivity contribution is -0.158. The highest BCUT2D eigenvalue weighted by molar-refractivity contribution is 5.88. The maximum Gasteiger partial charge on any atom is 0.329 e. The number of amides is 4. The minimum atomic E-state index is -0.859. The Bertz CT molecular complexity index is 1260. The van der Waals surface area contributed by atoms with Crippen molar-refractivity contribution in [2.45, 2.75) is 124 Å². The van der Waals surface area contributed by atoms with Gasteiger partial charge in [0.2, 0.25) is 23.6 Å². The van der Waals surface area contributed by atoms with E-state index in [0.717, 1.165) is 18.4 Å². The lowest BCUT2D eigenvalue weighted by Gasteiger charge is -2.38. The topological polar surface area (TPSA) is 138 Å². The summed E-state index contributed by atoms with van der Waals surface area (Å²) >= 11 is 0. The smallest absolute Gasteiger partial charge is 0.329 e. The van der Waals surface area contributed by atoms with E-state index in [4.69, 9.17) is 9.47 Å². The van der Waals surface area contributed by atoms with Gasteiger partial charge in [0.1, 0.15) is 11.6 Å². The Morgan fingerprint density at radius 2 is 1.48 bits per heavy atom. The lowest BCUT2D eigenvalue weighted by atomic mass is 9.90. The number of methoxy groups -OCH3 is 1. The van der Waals surface area contributed by atoms with E-state index in [-0.39, 0.29) is 54.5 Å². The number of ether oxygens (including phenoxy) is 2. The third kappa shape index (κ3) is 15.6. The van der Waals surface area contributed by atoms with Crippen LogP contribution in [0.4, 0.5) is 0 Å². The number of nitrogens with zero attached hydrogens (tertiary/aromatic N) is 3. The van der Waals surface area contributed by atoms with Gasteiger partial charge in [0, 0.05) is 39.6 Å². The number of nitrogens with one attached hydrogen (secondary N) is 2. The van der Waals surface area contributed by atoms with Gasteiger partial charge in [-0.25, -0.2) is 4.79 Å². The minimum Gasteiger partial charge on any atom is -0.458 e. The number of hydrogen-bond donors (Lipinski definition) is 2. The Balaban J connectivity index is 3.03. The van der Waals surface area contributed by atoms with Crippen LogP contribution in [0.2, 0.25) is 0 Å². The Kier molecular flexibility index (Phi) is 20.2.